The molecule has 0 radical (unpaired) electrons. The molecule has 1 aromatic heterocycles. The van der Waals surface area contributed by atoms with Crippen LogP contribution in [0, 0.1) is 5.82 Å². The number of aromatic nitrogens is 1. The maximum absolute atomic E-state index is 14.7. The van der Waals surface area contributed by atoms with Gasteiger partial charge in [-0.15, -0.1) is 0 Å². The van der Waals surface area contributed by atoms with Crippen molar-refractivity contribution in [2.45, 2.75) is 19.4 Å². The third-order valence-electron chi connectivity index (χ3n) is 4.75. The van der Waals surface area contributed by atoms with Crippen molar-refractivity contribution in [3.63, 3.8) is 0 Å². The Hall–Kier alpha value is -3.68. The fraction of sp³-hybridized carbons (Fsp3) is 0.190. The predicted molar refractivity (Wildman–Crippen MR) is 112 cm³/mol. The van der Waals surface area contributed by atoms with Crippen LogP contribution in [-0.2, 0) is 4.79 Å². The summed E-state index contributed by atoms with van der Waals surface area (Å²) in [4.78, 5) is 29.1. The molecule has 0 saturated carbocycles. The van der Waals surface area contributed by atoms with Crippen LogP contribution in [0.2, 0.25) is 0 Å². The van der Waals surface area contributed by atoms with Gasteiger partial charge in [-0.05, 0) is 35.4 Å². The Kier molecular flexibility index (Phi) is 5.63. The van der Waals surface area contributed by atoms with Gasteiger partial charge in [0.15, 0.2) is 11.6 Å². The fourth-order valence-corrected chi connectivity index (χ4v) is 3.23. The van der Waals surface area contributed by atoms with Crippen LogP contribution in [0.25, 0.3) is 10.8 Å². The maximum Gasteiger partial charge on any atom is 0.252 e. The average Bonchev–Trinajstić information content (AvgIpc) is 2.68. The van der Waals surface area contributed by atoms with Crippen LogP contribution >= 0.6 is 0 Å². The molecule has 8 heteroatoms. The summed E-state index contributed by atoms with van der Waals surface area (Å²) in [5, 5.41) is 5.07. The molecule has 0 spiro atoms. The molecule has 0 aliphatic heterocycles. The summed E-state index contributed by atoms with van der Waals surface area (Å²) in [7, 11) is 1.52. The van der Waals surface area contributed by atoms with Crippen molar-refractivity contribution in [3.8, 4) is 0 Å². The van der Waals surface area contributed by atoms with Crippen LogP contribution < -0.4 is 21.7 Å². The lowest BCUT2D eigenvalue weighted by Gasteiger charge is -2.26. The summed E-state index contributed by atoms with van der Waals surface area (Å²) >= 11 is 0. The van der Waals surface area contributed by atoms with E-state index in [0.717, 1.165) is 16.8 Å². The van der Waals surface area contributed by atoms with E-state index in [0.29, 0.717) is 12.1 Å². The summed E-state index contributed by atoms with van der Waals surface area (Å²) in [5.74, 6) is -2.21. The lowest BCUT2D eigenvalue weighted by molar-refractivity contribution is -0.119. The van der Waals surface area contributed by atoms with Gasteiger partial charge in [0.2, 0.25) is 5.91 Å². The maximum atomic E-state index is 14.7. The summed E-state index contributed by atoms with van der Waals surface area (Å²) in [6.07, 6.45) is 0.373. The molecule has 2 amide bonds. The van der Waals surface area contributed by atoms with Crippen molar-refractivity contribution in [3.05, 3.63) is 59.9 Å². The number of carbonyl (C=O) groups excluding carboxylic acids is 2. The highest BCUT2D eigenvalue weighted by molar-refractivity contribution is 5.99. The molecule has 1 unspecified atom stereocenters. The van der Waals surface area contributed by atoms with Gasteiger partial charge in [-0.3, -0.25) is 9.59 Å². The number of nitrogens with two attached hydrogens (primary N) is 2. The number of halogens is 1. The average molecular weight is 395 g/mol. The Morgan fingerprint density at radius 1 is 1.14 bits per heavy atom. The number of fused-ring (bicyclic) bond motifs is 1. The van der Waals surface area contributed by atoms with Crippen LogP contribution in [0.15, 0.2) is 48.5 Å². The predicted octanol–water partition coefficient (Wildman–Crippen LogP) is 2.92. The minimum Gasteiger partial charge on any atom is -0.368 e. The van der Waals surface area contributed by atoms with Gasteiger partial charge in [-0.2, -0.15) is 0 Å². The number of likely N-dealkylation sites (N-methyl/N-ethyl adjacent to an activating group) is 1. The molecule has 0 aliphatic rings. The molecule has 1 atom stereocenters. The molecular weight excluding hydrogens is 373 g/mol. The summed E-state index contributed by atoms with van der Waals surface area (Å²) in [6.45, 7) is 1.76. The van der Waals surface area contributed by atoms with Crippen LogP contribution in [0.5, 0.6) is 0 Å². The minimum absolute atomic E-state index is 0.0929. The second-order valence-electron chi connectivity index (χ2n) is 6.68. The van der Waals surface area contributed by atoms with Crippen LogP contribution in [-0.4, -0.2) is 29.9 Å². The number of rotatable bonds is 7. The van der Waals surface area contributed by atoms with Crippen molar-refractivity contribution < 1.29 is 14.0 Å². The number of benzene rings is 2. The molecule has 150 valence electrons. The van der Waals surface area contributed by atoms with Gasteiger partial charge in [0.1, 0.15) is 11.9 Å². The number of amides is 2. The Bertz CT molecular complexity index is 1090. The van der Waals surface area contributed by atoms with Crippen molar-refractivity contribution in [2.24, 2.45) is 11.5 Å². The number of hydrogen-bond acceptors (Lipinski definition) is 5. The number of hydrogen-bond donors (Lipinski definition) is 3. The molecule has 3 rings (SSSR count). The van der Waals surface area contributed by atoms with E-state index in [9.17, 15) is 14.0 Å². The fourth-order valence-electron chi connectivity index (χ4n) is 3.23. The summed E-state index contributed by atoms with van der Waals surface area (Å²) in [5.41, 5.74) is 11.4. The first-order valence-electron chi connectivity index (χ1n) is 9.10. The topological polar surface area (TPSA) is 114 Å². The normalized spacial score (nSPS) is 11.8. The van der Waals surface area contributed by atoms with E-state index in [1.807, 2.05) is 42.5 Å². The van der Waals surface area contributed by atoms with E-state index in [1.165, 1.54) is 11.9 Å². The number of nitrogens with zero attached hydrogens (tertiary/aromatic N) is 2. The number of primary amides is 2. The molecular formula is C21H22FN5O2. The van der Waals surface area contributed by atoms with Crippen molar-refractivity contribution >= 4 is 39.9 Å². The van der Waals surface area contributed by atoms with Gasteiger partial charge in [-0.25, -0.2) is 9.37 Å². The zero-order chi connectivity index (χ0) is 21.1. The third-order valence-corrected chi connectivity index (χ3v) is 4.75. The molecule has 5 N–H and O–H groups in total. The summed E-state index contributed by atoms with van der Waals surface area (Å²) < 4.78 is 14.7. The zero-order valence-electron chi connectivity index (χ0n) is 16.1. The third kappa shape index (κ3) is 4.11. The zero-order valence-corrected chi connectivity index (χ0v) is 16.1. The number of anilines is 3. The lowest BCUT2D eigenvalue weighted by atomic mass is 10.1. The molecule has 7 nitrogen and oxygen atoms in total. The number of carbonyl (C=O) groups is 2. The highest BCUT2D eigenvalue weighted by atomic mass is 19.1. The largest absolute Gasteiger partial charge is 0.368 e. The van der Waals surface area contributed by atoms with E-state index in [-0.39, 0.29) is 17.2 Å². The Labute approximate surface area is 167 Å². The van der Waals surface area contributed by atoms with Gasteiger partial charge in [0.05, 0.1) is 5.56 Å². The molecule has 0 aliphatic carbocycles. The van der Waals surface area contributed by atoms with Crippen molar-refractivity contribution in [2.75, 3.05) is 17.3 Å². The van der Waals surface area contributed by atoms with E-state index in [2.05, 4.69) is 10.3 Å². The first-order chi connectivity index (χ1) is 13.8. The SMILES string of the molecule is CCC(C(N)=O)N(C)c1nc(Nc2ccc3ccccc3c2)c(C(N)=O)cc1F. The highest BCUT2D eigenvalue weighted by Gasteiger charge is 2.25. The first kappa shape index (κ1) is 20.1. The van der Waals surface area contributed by atoms with Gasteiger partial charge in [0, 0.05) is 12.7 Å². The molecule has 0 bridgehead atoms. The van der Waals surface area contributed by atoms with Crippen molar-refractivity contribution in [1.82, 2.24) is 4.98 Å². The molecule has 29 heavy (non-hydrogen) atoms. The van der Waals surface area contributed by atoms with Gasteiger partial charge >= 0.3 is 0 Å². The molecule has 2 aromatic carbocycles. The number of pyridine rings is 1. The second kappa shape index (κ2) is 8.14. The Morgan fingerprint density at radius 3 is 2.45 bits per heavy atom. The van der Waals surface area contributed by atoms with E-state index in [1.54, 1.807) is 6.92 Å². The Balaban J connectivity index is 2.05. The van der Waals surface area contributed by atoms with E-state index >= 15 is 0 Å². The van der Waals surface area contributed by atoms with Gasteiger partial charge in [0.25, 0.3) is 5.91 Å². The standard InChI is InChI=1S/C21H22FN5O2/c1-3-17(19(24)29)27(2)21-16(22)11-15(18(23)28)20(26-21)25-14-9-8-12-6-4-5-7-13(12)10-14/h4-11,17H,3H2,1-2H3,(H2,23,28)(H2,24,29)(H,25,26). The molecule has 3 aromatic rings. The van der Waals surface area contributed by atoms with Gasteiger partial charge < -0.3 is 21.7 Å². The molecule has 0 fully saturated rings. The molecule has 1 heterocycles. The Morgan fingerprint density at radius 2 is 1.83 bits per heavy atom. The van der Waals surface area contributed by atoms with Crippen LogP contribution in [0.4, 0.5) is 21.7 Å². The van der Waals surface area contributed by atoms with E-state index in [4.69, 9.17) is 11.5 Å². The molecule has 0 saturated heterocycles. The number of nitrogens with one attached hydrogen (secondary N) is 1. The van der Waals surface area contributed by atoms with Crippen molar-refractivity contribution in [1.29, 1.82) is 0 Å². The monoisotopic (exact) mass is 395 g/mol. The highest BCUT2D eigenvalue weighted by Crippen LogP contribution is 2.28. The quantitative estimate of drug-likeness (QED) is 0.569. The smallest absolute Gasteiger partial charge is 0.252 e. The van der Waals surface area contributed by atoms with Crippen LogP contribution in [0.1, 0.15) is 23.7 Å². The van der Waals surface area contributed by atoms with Gasteiger partial charge in [-0.1, -0.05) is 37.3 Å². The summed E-state index contributed by atoms with van der Waals surface area (Å²) in [6, 6.07) is 13.7. The lowest BCUT2D eigenvalue weighted by Crippen LogP contribution is -2.43. The van der Waals surface area contributed by atoms with Crippen LogP contribution in [0.3, 0.4) is 0 Å². The minimum atomic E-state index is -0.823. The second-order valence-corrected chi connectivity index (χ2v) is 6.68. The van der Waals surface area contributed by atoms with E-state index < -0.39 is 23.7 Å². The first-order valence-corrected chi connectivity index (χ1v) is 9.10.